The molecule has 0 heterocycles. The molecule has 0 aliphatic heterocycles. The molecule has 0 saturated heterocycles. The molecule has 130 valence electrons. The van der Waals surface area contributed by atoms with Gasteiger partial charge >= 0.3 is 0 Å². The molecular weight excluding hydrogens is 310 g/mol. The van der Waals surface area contributed by atoms with Gasteiger partial charge in [-0.15, -0.1) is 0 Å². The Labute approximate surface area is 148 Å². The smallest absolute Gasteiger partial charge is 0.258 e. The fourth-order valence-corrected chi connectivity index (χ4v) is 5.85. The predicted octanol–water partition coefficient (Wildman–Crippen LogP) is 4.16. The standard InChI is InChI=1S/C22H25NO2/c24-21(13-25-20-7-3-5-16-4-1-2-6-19(16)20)23-22-17-9-14-8-15(11-17)12-18(22)10-14/h1-7,14-15,17-18,22H,8-13H2,(H,23,24). The minimum absolute atomic E-state index is 0.0328. The summed E-state index contributed by atoms with van der Waals surface area (Å²) >= 11 is 0. The highest BCUT2D eigenvalue weighted by Crippen LogP contribution is 2.53. The van der Waals surface area contributed by atoms with Crippen LogP contribution in [0.1, 0.15) is 32.1 Å². The molecule has 1 amide bonds. The van der Waals surface area contributed by atoms with Crippen LogP contribution in [0.2, 0.25) is 0 Å². The average molecular weight is 335 g/mol. The Hall–Kier alpha value is -2.03. The minimum Gasteiger partial charge on any atom is -0.483 e. The number of carbonyl (C=O) groups excluding carboxylic acids is 1. The van der Waals surface area contributed by atoms with E-state index in [2.05, 4.69) is 17.4 Å². The number of fused-ring (bicyclic) bond motifs is 1. The van der Waals surface area contributed by atoms with Crippen LogP contribution >= 0.6 is 0 Å². The second-order valence-corrected chi connectivity index (χ2v) is 8.29. The zero-order valence-corrected chi connectivity index (χ0v) is 14.5. The van der Waals surface area contributed by atoms with Crippen LogP contribution in [0.4, 0.5) is 0 Å². The predicted molar refractivity (Wildman–Crippen MR) is 98.4 cm³/mol. The highest BCUT2D eigenvalue weighted by atomic mass is 16.5. The van der Waals surface area contributed by atoms with Gasteiger partial charge in [0.2, 0.25) is 0 Å². The molecule has 2 aromatic rings. The van der Waals surface area contributed by atoms with Crippen molar-refractivity contribution in [1.82, 2.24) is 5.32 Å². The highest BCUT2D eigenvalue weighted by Gasteiger charge is 2.48. The van der Waals surface area contributed by atoms with Gasteiger partial charge < -0.3 is 10.1 Å². The van der Waals surface area contributed by atoms with Crippen molar-refractivity contribution in [2.45, 2.75) is 38.1 Å². The van der Waals surface area contributed by atoms with Crippen molar-refractivity contribution < 1.29 is 9.53 Å². The summed E-state index contributed by atoms with van der Waals surface area (Å²) in [5.74, 6) is 4.10. The molecule has 0 radical (unpaired) electrons. The van der Waals surface area contributed by atoms with Crippen LogP contribution in [0.5, 0.6) is 5.75 Å². The maximum atomic E-state index is 12.5. The Balaban J connectivity index is 1.24. The van der Waals surface area contributed by atoms with Crippen LogP contribution in [-0.2, 0) is 4.79 Å². The second-order valence-electron chi connectivity index (χ2n) is 8.29. The summed E-state index contributed by atoms with van der Waals surface area (Å²) in [7, 11) is 0. The van der Waals surface area contributed by atoms with E-state index in [0.29, 0.717) is 17.9 Å². The summed E-state index contributed by atoms with van der Waals surface area (Å²) in [6, 6.07) is 14.5. The van der Waals surface area contributed by atoms with E-state index in [0.717, 1.165) is 28.4 Å². The number of benzene rings is 2. The molecule has 4 fully saturated rings. The van der Waals surface area contributed by atoms with Crippen LogP contribution in [0.3, 0.4) is 0 Å². The van der Waals surface area contributed by atoms with E-state index in [-0.39, 0.29) is 12.5 Å². The number of hydrogen-bond acceptors (Lipinski definition) is 2. The lowest BCUT2D eigenvalue weighted by Crippen LogP contribution is -2.56. The summed E-state index contributed by atoms with van der Waals surface area (Å²) in [6.45, 7) is 0.108. The lowest BCUT2D eigenvalue weighted by atomic mass is 9.54. The summed E-state index contributed by atoms with van der Waals surface area (Å²) in [5, 5.41) is 5.52. The molecule has 4 bridgehead atoms. The third-order valence-corrected chi connectivity index (χ3v) is 6.66. The number of carbonyl (C=O) groups is 1. The van der Waals surface area contributed by atoms with E-state index >= 15 is 0 Å². The van der Waals surface area contributed by atoms with Gasteiger partial charge in [0, 0.05) is 11.4 Å². The van der Waals surface area contributed by atoms with Crippen molar-refractivity contribution in [2.24, 2.45) is 23.7 Å². The fraction of sp³-hybridized carbons (Fsp3) is 0.500. The van der Waals surface area contributed by atoms with Crippen molar-refractivity contribution in [3.05, 3.63) is 42.5 Å². The number of ether oxygens (including phenoxy) is 1. The van der Waals surface area contributed by atoms with Crippen LogP contribution in [0.15, 0.2) is 42.5 Å². The van der Waals surface area contributed by atoms with Gasteiger partial charge in [0.25, 0.3) is 5.91 Å². The average Bonchev–Trinajstić information content (AvgIpc) is 2.62. The van der Waals surface area contributed by atoms with Crippen molar-refractivity contribution in [3.63, 3.8) is 0 Å². The number of rotatable bonds is 4. The Morgan fingerprint density at radius 1 is 0.920 bits per heavy atom. The van der Waals surface area contributed by atoms with E-state index in [1.807, 2.05) is 30.3 Å². The fourth-order valence-electron chi connectivity index (χ4n) is 5.85. The lowest BCUT2D eigenvalue weighted by molar-refractivity contribution is -0.127. The van der Waals surface area contributed by atoms with Crippen molar-refractivity contribution in [1.29, 1.82) is 0 Å². The Bertz CT molecular complexity index is 766. The van der Waals surface area contributed by atoms with Crippen molar-refractivity contribution in [3.8, 4) is 5.75 Å². The number of amides is 1. The molecule has 2 aromatic carbocycles. The molecule has 0 unspecified atom stereocenters. The third kappa shape index (κ3) is 2.80. The van der Waals surface area contributed by atoms with Gasteiger partial charge in [-0.25, -0.2) is 0 Å². The zero-order chi connectivity index (χ0) is 16.8. The van der Waals surface area contributed by atoms with E-state index in [1.165, 1.54) is 32.1 Å². The molecule has 6 rings (SSSR count). The second kappa shape index (κ2) is 6.05. The summed E-state index contributed by atoms with van der Waals surface area (Å²) in [5.41, 5.74) is 0. The van der Waals surface area contributed by atoms with E-state index in [9.17, 15) is 4.79 Å². The topological polar surface area (TPSA) is 38.3 Å². The SMILES string of the molecule is O=C(COc1cccc2ccccc12)NC1C2CC3CC(C2)CC1C3. The van der Waals surface area contributed by atoms with Crippen molar-refractivity contribution in [2.75, 3.05) is 6.61 Å². The highest BCUT2D eigenvalue weighted by molar-refractivity contribution is 5.88. The van der Waals surface area contributed by atoms with Gasteiger partial charge in [0.15, 0.2) is 6.61 Å². The van der Waals surface area contributed by atoms with Crippen LogP contribution < -0.4 is 10.1 Å². The van der Waals surface area contributed by atoms with E-state index in [4.69, 9.17) is 4.74 Å². The Kier molecular flexibility index (Phi) is 3.69. The monoisotopic (exact) mass is 335 g/mol. The first-order chi connectivity index (χ1) is 12.3. The molecular formula is C22H25NO2. The molecule has 4 aliphatic rings. The molecule has 25 heavy (non-hydrogen) atoms. The molecule has 3 heteroatoms. The number of nitrogens with one attached hydrogen (secondary N) is 1. The van der Waals surface area contributed by atoms with Gasteiger partial charge in [-0.1, -0.05) is 36.4 Å². The maximum Gasteiger partial charge on any atom is 0.258 e. The summed E-state index contributed by atoms with van der Waals surface area (Å²) < 4.78 is 5.86. The van der Waals surface area contributed by atoms with Gasteiger partial charge in [0.1, 0.15) is 5.75 Å². The first-order valence-corrected chi connectivity index (χ1v) is 9.66. The normalized spacial score (nSPS) is 32.7. The summed E-state index contributed by atoms with van der Waals surface area (Å²) in [6.07, 6.45) is 6.73. The molecule has 0 spiro atoms. The molecule has 0 atom stereocenters. The third-order valence-electron chi connectivity index (χ3n) is 6.66. The molecule has 1 N–H and O–H groups in total. The van der Waals surface area contributed by atoms with Crippen molar-refractivity contribution >= 4 is 16.7 Å². The largest absolute Gasteiger partial charge is 0.483 e. The molecule has 4 saturated carbocycles. The van der Waals surface area contributed by atoms with Gasteiger partial charge in [-0.3, -0.25) is 4.79 Å². The molecule has 4 aliphatic carbocycles. The Morgan fingerprint density at radius 2 is 1.60 bits per heavy atom. The van der Waals surface area contributed by atoms with E-state index in [1.54, 1.807) is 0 Å². The lowest BCUT2D eigenvalue weighted by Gasteiger charge is -2.54. The first-order valence-electron chi connectivity index (χ1n) is 9.66. The van der Waals surface area contributed by atoms with Crippen LogP contribution in [0.25, 0.3) is 10.8 Å². The minimum atomic E-state index is 0.0328. The molecule has 0 aromatic heterocycles. The van der Waals surface area contributed by atoms with Crippen LogP contribution in [0, 0.1) is 23.7 Å². The quantitative estimate of drug-likeness (QED) is 0.911. The van der Waals surface area contributed by atoms with Crippen LogP contribution in [-0.4, -0.2) is 18.6 Å². The van der Waals surface area contributed by atoms with E-state index < -0.39 is 0 Å². The zero-order valence-electron chi connectivity index (χ0n) is 14.5. The van der Waals surface area contributed by atoms with Gasteiger partial charge in [-0.2, -0.15) is 0 Å². The first kappa shape index (κ1) is 15.2. The van der Waals surface area contributed by atoms with Gasteiger partial charge in [0.05, 0.1) is 0 Å². The maximum absolute atomic E-state index is 12.5. The Morgan fingerprint density at radius 3 is 2.36 bits per heavy atom. The molecule has 3 nitrogen and oxygen atoms in total. The number of hydrogen-bond donors (Lipinski definition) is 1. The van der Waals surface area contributed by atoms with Gasteiger partial charge in [-0.05, 0) is 67.2 Å². The summed E-state index contributed by atoms with van der Waals surface area (Å²) in [4.78, 5) is 12.5.